The van der Waals surface area contributed by atoms with Gasteiger partial charge in [-0.1, -0.05) is 18.2 Å². The number of phenolic OH excluding ortho intramolecular Hbond substituents is 1. The first-order valence-corrected chi connectivity index (χ1v) is 8.13. The molecule has 144 valence electrons. The Bertz CT molecular complexity index is 957. The van der Waals surface area contributed by atoms with Crippen molar-refractivity contribution in [2.75, 3.05) is 5.32 Å². The monoisotopic (exact) mass is 387 g/mol. The van der Waals surface area contributed by atoms with Crippen LogP contribution in [-0.2, 0) is 9.59 Å². The Labute approximate surface area is 158 Å². The first-order chi connectivity index (χ1) is 13.4. The zero-order chi connectivity index (χ0) is 20.1. The highest BCUT2D eigenvalue weighted by molar-refractivity contribution is 6.07. The van der Waals surface area contributed by atoms with Gasteiger partial charge in [-0.3, -0.25) is 14.9 Å². The molecular formula is C18H15F2N5O3. The van der Waals surface area contributed by atoms with Crippen LogP contribution in [0.4, 0.5) is 14.5 Å². The average Bonchev–Trinajstić information content (AvgIpc) is 2.99. The highest BCUT2D eigenvalue weighted by Gasteiger charge is 2.29. The van der Waals surface area contributed by atoms with Gasteiger partial charge < -0.3 is 10.4 Å². The molecule has 2 aromatic rings. The van der Waals surface area contributed by atoms with Gasteiger partial charge in [-0.25, -0.2) is 19.2 Å². The topological polar surface area (TPSA) is 115 Å². The number of hydrogen-bond acceptors (Lipinski definition) is 6. The molecule has 0 fully saturated rings. The predicted octanol–water partition coefficient (Wildman–Crippen LogP) is 1.48. The molecule has 2 amide bonds. The van der Waals surface area contributed by atoms with E-state index >= 15 is 0 Å². The van der Waals surface area contributed by atoms with Gasteiger partial charge in [-0.05, 0) is 24.3 Å². The van der Waals surface area contributed by atoms with E-state index in [0.717, 1.165) is 12.1 Å². The molecule has 2 aromatic carbocycles. The molecule has 1 aliphatic rings. The summed E-state index contributed by atoms with van der Waals surface area (Å²) >= 11 is 0. The lowest BCUT2D eigenvalue weighted by molar-refractivity contribution is -0.123. The maximum absolute atomic E-state index is 13.6. The Morgan fingerprint density at radius 1 is 1.21 bits per heavy atom. The number of halogens is 2. The van der Waals surface area contributed by atoms with E-state index in [2.05, 4.69) is 26.2 Å². The van der Waals surface area contributed by atoms with Crippen molar-refractivity contribution in [3.8, 4) is 5.75 Å². The van der Waals surface area contributed by atoms with Crippen molar-refractivity contribution in [2.45, 2.75) is 12.5 Å². The van der Waals surface area contributed by atoms with Crippen molar-refractivity contribution in [1.29, 1.82) is 0 Å². The summed E-state index contributed by atoms with van der Waals surface area (Å²) < 4.78 is 27.1. The maximum Gasteiger partial charge on any atom is 0.252 e. The van der Waals surface area contributed by atoms with E-state index in [9.17, 15) is 23.5 Å². The van der Waals surface area contributed by atoms with E-state index in [1.165, 1.54) is 18.3 Å². The number of aliphatic imine (C=N–C) groups is 1. The molecule has 4 N–H and O–H groups in total. The second-order valence-corrected chi connectivity index (χ2v) is 5.76. The summed E-state index contributed by atoms with van der Waals surface area (Å²) in [5.74, 6) is -3.15. The number of carbonyl (C=O) groups is 2. The molecule has 10 heteroatoms. The number of para-hydroxylation sites is 2. The Hall–Kier alpha value is -3.82. The summed E-state index contributed by atoms with van der Waals surface area (Å²) in [5.41, 5.74) is 2.35. The van der Waals surface area contributed by atoms with Crippen molar-refractivity contribution < 1.29 is 23.5 Å². The number of rotatable bonds is 5. The van der Waals surface area contributed by atoms with Crippen molar-refractivity contribution in [3.63, 3.8) is 0 Å². The van der Waals surface area contributed by atoms with Crippen molar-refractivity contribution in [2.24, 2.45) is 10.1 Å². The molecule has 8 nitrogen and oxygen atoms in total. The van der Waals surface area contributed by atoms with Crippen molar-refractivity contribution in [1.82, 2.24) is 10.7 Å². The number of amides is 2. The van der Waals surface area contributed by atoms with Crippen LogP contribution in [0.2, 0.25) is 0 Å². The van der Waals surface area contributed by atoms with Crippen molar-refractivity contribution in [3.05, 3.63) is 59.7 Å². The van der Waals surface area contributed by atoms with Gasteiger partial charge in [0.25, 0.3) is 5.91 Å². The van der Waals surface area contributed by atoms with Gasteiger partial charge in [0.2, 0.25) is 11.9 Å². The van der Waals surface area contributed by atoms with Crippen LogP contribution in [0.3, 0.4) is 0 Å². The number of nitrogens with one attached hydrogen (secondary N) is 3. The highest BCUT2D eigenvalue weighted by Crippen LogP contribution is 2.19. The van der Waals surface area contributed by atoms with E-state index < -0.39 is 41.6 Å². The molecule has 1 heterocycles. The van der Waals surface area contributed by atoms with E-state index in [1.54, 1.807) is 18.2 Å². The molecule has 1 aliphatic heterocycles. The molecule has 0 unspecified atom stereocenters. The molecule has 0 spiro atoms. The van der Waals surface area contributed by atoms with Crippen LogP contribution in [0.1, 0.15) is 12.0 Å². The summed E-state index contributed by atoms with van der Waals surface area (Å²) in [5, 5.41) is 18.0. The number of anilines is 1. The Balaban J connectivity index is 1.59. The van der Waals surface area contributed by atoms with Gasteiger partial charge in [0.15, 0.2) is 0 Å². The zero-order valence-electron chi connectivity index (χ0n) is 14.3. The second-order valence-electron chi connectivity index (χ2n) is 5.76. The summed E-state index contributed by atoms with van der Waals surface area (Å²) in [6, 6.07) is 8.59. The van der Waals surface area contributed by atoms with Crippen LogP contribution in [0.15, 0.2) is 52.6 Å². The highest BCUT2D eigenvalue weighted by atomic mass is 19.1. The van der Waals surface area contributed by atoms with Gasteiger partial charge in [0.05, 0.1) is 12.6 Å². The third-order valence-corrected chi connectivity index (χ3v) is 3.75. The van der Waals surface area contributed by atoms with Crippen LogP contribution in [0, 0.1) is 11.6 Å². The summed E-state index contributed by atoms with van der Waals surface area (Å²) in [6.45, 7) is 0. The molecule has 0 radical (unpaired) electrons. The van der Waals surface area contributed by atoms with E-state index in [1.807, 2.05) is 0 Å². The number of benzene rings is 2. The Morgan fingerprint density at radius 2 is 1.93 bits per heavy atom. The minimum absolute atomic E-state index is 0.00606. The first-order valence-electron chi connectivity index (χ1n) is 8.13. The fraction of sp³-hybridized carbons (Fsp3) is 0.111. The molecule has 0 aliphatic carbocycles. The minimum atomic E-state index is -1.07. The number of nitrogens with zero attached hydrogens (tertiary/aromatic N) is 2. The Morgan fingerprint density at radius 3 is 2.64 bits per heavy atom. The van der Waals surface area contributed by atoms with Crippen LogP contribution in [0.5, 0.6) is 5.75 Å². The second kappa shape index (κ2) is 8.25. The van der Waals surface area contributed by atoms with E-state index in [0.29, 0.717) is 5.56 Å². The lowest BCUT2D eigenvalue weighted by Gasteiger charge is -2.08. The lowest BCUT2D eigenvalue weighted by atomic mass is 10.2. The van der Waals surface area contributed by atoms with Crippen LogP contribution in [-0.4, -0.2) is 35.1 Å². The van der Waals surface area contributed by atoms with Crippen LogP contribution in [0.25, 0.3) is 0 Å². The number of aromatic hydroxyl groups is 1. The summed E-state index contributed by atoms with van der Waals surface area (Å²) in [6.07, 6.45) is 0.916. The van der Waals surface area contributed by atoms with Gasteiger partial charge in [-0.15, -0.1) is 0 Å². The van der Waals surface area contributed by atoms with Crippen LogP contribution < -0.4 is 16.1 Å². The number of phenols is 1. The third-order valence-electron chi connectivity index (χ3n) is 3.75. The molecular weight excluding hydrogens is 372 g/mol. The fourth-order valence-corrected chi connectivity index (χ4v) is 2.38. The Kier molecular flexibility index (Phi) is 5.58. The van der Waals surface area contributed by atoms with Gasteiger partial charge in [-0.2, -0.15) is 5.10 Å². The van der Waals surface area contributed by atoms with Crippen LogP contribution >= 0.6 is 0 Å². The third kappa shape index (κ3) is 4.47. The lowest BCUT2D eigenvalue weighted by Crippen LogP contribution is -2.35. The molecule has 0 bridgehead atoms. The summed E-state index contributed by atoms with van der Waals surface area (Å²) in [7, 11) is 0. The zero-order valence-corrected chi connectivity index (χ0v) is 14.3. The SMILES string of the molecule is O=C(C[C@H]1N=C(N/N=C\c2ccccc2O)NC1=O)Nc1c(F)cccc1F. The molecule has 28 heavy (non-hydrogen) atoms. The summed E-state index contributed by atoms with van der Waals surface area (Å²) in [4.78, 5) is 27.9. The van der Waals surface area contributed by atoms with Crippen molar-refractivity contribution >= 4 is 29.7 Å². The smallest absolute Gasteiger partial charge is 0.252 e. The predicted molar refractivity (Wildman–Crippen MR) is 97.8 cm³/mol. The van der Waals surface area contributed by atoms with Gasteiger partial charge >= 0.3 is 0 Å². The number of carbonyl (C=O) groups excluding carboxylic acids is 2. The number of guanidine groups is 1. The standard InChI is InChI=1S/C18H15F2N5O3/c19-11-5-3-6-12(20)16(11)23-15(27)8-13-17(28)24-18(22-13)25-21-9-10-4-1-2-7-14(10)26/h1-7,9,13,26H,8H2,(H,23,27)(H2,22,24,25,28)/b21-9-/t13-/m1/s1. The maximum atomic E-state index is 13.6. The van der Waals surface area contributed by atoms with Gasteiger partial charge in [0.1, 0.15) is 29.1 Å². The fourth-order valence-electron chi connectivity index (χ4n) is 2.38. The van der Waals surface area contributed by atoms with E-state index in [-0.39, 0.29) is 11.7 Å². The number of hydrazone groups is 1. The first kappa shape index (κ1) is 19.0. The minimum Gasteiger partial charge on any atom is -0.507 e. The average molecular weight is 387 g/mol. The molecule has 0 aromatic heterocycles. The normalized spacial score (nSPS) is 16.0. The van der Waals surface area contributed by atoms with E-state index in [4.69, 9.17) is 0 Å². The van der Waals surface area contributed by atoms with Gasteiger partial charge in [0, 0.05) is 5.56 Å². The quantitative estimate of drug-likeness (QED) is 0.459. The number of hydrogen-bond donors (Lipinski definition) is 4. The molecule has 1 atom stereocenters. The molecule has 3 rings (SSSR count). The largest absolute Gasteiger partial charge is 0.507 e. The molecule has 0 saturated heterocycles. The molecule has 0 saturated carbocycles.